The maximum absolute atomic E-state index is 12.0. The van der Waals surface area contributed by atoms with E-state index in [4.69, 9.17) is 10.00 Å². The highest BCUT2D eigenvalue weighted by atomic mass is 32.2. The first kappa shape index (κ1) is 17.1. The van der Waals surface area contributed by atoms with Crippen molar-refractivity contribution in [3.05, 3.63) is 66.2 Å². The van der Waals surface area contributed by atoms with Crippen LogP contribution in [0.2, 0.25) is 0 Å². The van der Waals surface area contributed by atoms with Crippen LogP contribution in [0, 0.1) is 11.3 Å². The van der Waals surface area contributed by atoms with E-state index in [2.05, 4.69) is 6.07 Å². The number of carbonyl (C=O) groups excluding carboxylic acids is 1. The van der Waals surface area contributed by atoms with Crippen molar-refractivity contribution in [2.24, 2.45) is 0 Å². The molecule has 1 atom stereocenters. The molecule has 0 radical (unpaired) electrons. The van der Waals surface area contributed by atoms with Crippen molar-refractivity contribution in [3.63, 3.8) is 0 Å². The van der Waals surface area contributed by atoms with Crippen LogP contribution in [-0.2, 0) is 16.0 Å². The average Bonchev–Trinajstić information content (AvgIpc) is 2.60. The first-order valence-electron chi connectivity index (χ1n) is 7.56. The Morgan fingerprint density at radius 3 is 2.39 bits per heavy atom. The molecule has 0 spiro atoms. The van der Waals surface area contributed by atoms with Crippen molar-refractivity contribution in [3.8, 4) is 6.07 Å². The number of nitrogens with zero attached hydrogens (tertiary/aromatic N) is 1. The SMILES string of the molecule is N#CC[C@H](CCc1ccccc1)OC(=O)CSc1ccccc1. The minimum absolute atomic E-state index is 0.231. The molecule has 0 unspecified atom stereocenters. The number of carbonyl (C=O) groups is 1. The lowest BCUT2D eigenvalue weighted by atomic mass is 10.1. The first-order valence-corrected chi connectivity index (χ1v) is 8.54. The summed E-state index contributed by atoms with van der Waals surface area (Å²) in [4.78, 5) is 13.0. The topological polar surface area (TPSA) is 50.1 Å². The molecule has 0 amide bonds. The van der Waals surface area contributed by atoms with Gasteiger partial charge in [0.2, 0.25) is 0 Å². The molecule has 0 saturated carbocycles. The number of nitriles is 1. The van der Waals surface area contributed by atoms with E-state index in [-0.39, 0.29) is 24.2 Å². The molecular weight excluding hydrogens is 306 g/mol. The predicted molar refractivity (Wildman–Crippen MR) is 92.0 cm³/mol. The third kappa shape index (κ3) is 6.58. The minimum Gasteiger partial charge on any atom is -0.461 e. The summed E-state index contributed by atoms with van der Waals surface area (Å²) in [5.41, 5.74) is 1.19. The van der Waals surface area contributed by atoms with Gasteiger partial charge in [-0.05, 0) is 30.5 Å². The van der Waals surface area contributed by atoms with Crippen LogP contribution in [0.15, 0.2) is 65.6 Å². The normalized spacial score (nSPS) is 11.4. The van der Waals surface area contributed by atoms with E-state index >= 15 is 0 Å². The van der Waals surface area contributed by atoms with Gasteiger partial charge in [0.05, 0.1) is 18.2 Å². The lowest BCUT2D eigenvalue weighted by molar-refractivity contribution is -0.145. The molecule has 4 heteroatoms. The van der Waals surface area contributed by atoms with E-state index < -0.39 is 0 Å². The van der Waals surface area contributed by atoms with Crippen LogP contribution in [0.3, 0.4) is 0 Å². The zero-order valence-electron chi connectivity index (χ0n) is 12.9. The lowest BCUT2D eigenvalue weighted by Crippen LogP contribution is -2.20. The first-order chi connectivity index (χ1) is 11.3. The maximum atomic E-state index is 12.0. The Morgan fingerprint density at radius 2 is 1.74 bits per heavy atom. The molecule has 23 heavy (non-hydrogen) atoms. The Labute approximate surface area is 141 Å². The van der Waals surface area contributed by atoms with Crippen LogP contribution in [0.25, 0.3) is 0 Å². The second-order valence-corrected chi connectivity index (χ2v) is 6.15. The predicted octanol–water partition coefficient (Wildman–Crippen LogP) is 4.24. The highest BCUT2D eigenvalue weighted by molar-refractivity contribution is 8.00. The number of ether oxygens (including phenoxy) is 1. The van der Waals surface area contributed by atoms with Gasteiger partial charge in [0.1, 0.15) is 6.10 Å². The maximum Gasteiger partial charge on any atom is 0.316 e. The minimum atomic E-state index is -0.343. The fourth-order valence-corrected chi connectivity index (χ4v) is 2.86. The van der Waals surface area contributed by atoms with Gasteiger partial charge < -0.3 is 4.74 Å². The van der Waals surface area contributed by atoms with Crippen LogP contribution < -0.4 is 0 Å². The van der Waals surface area contributed by atoms with Crippen molar-refractivity contribution in [1.29, 1.82) is 5.26 Å². The molecule has 0 fully saturated rings. The summed E-state index contributed by atoms with van der Waals surface area (Å²) in [5.74, 6) is -0.00995. The quantitative estimate of drug-likeness (QED) is 0.538. The van der Waals surface area contributed by atoms with Crippen molar-refractivity contribution in [2.45, 2.75) is 30.3 Å². The summed E-state index contributed by atoms with van der Waals surface area (Å²) in [7, 11) is 0. The van der Waals surface area contributed by atoms with E-state index in [0.717, 1.165) is 11.3 Å². The number of rotatable bonds is 8. The molecule has 0 aliphatic heterocycles. The molecule has 0 heterocycles. The summed E-state index contributed by atoms with van der Waals surface area (Å²) in [5, 5.41) is 8.91. The number of hydrogen-bond donors (Lipinski definition) is 0. The van der Waals surface area contributed by atoms with E-state index in [1.54, 1.807) is 0 Å². The van der Waals surface area contributed by atoms with Gasteiger partial charge in [-0.15, -0.1) is 11.8 Å². The van der Waals surface area contributed by atoms with Crippen molar-refractivity contribution < 1.29 is 9.53 Å². The van der Waals surface area contributed by atoms with Crippen LogP contribution in [0.4, 0.5) is 0 Å². The van der Waals surface area contributed by atoms with Gasteiger partial charge in [-0.25, -0.2) is 0 Å². The number of aryl methyl sites for hydroxylation is 1. The number of hydrogen-bond acceptors (Lipinski definition) is 4. The number of esters is 1. The van der Waals surface area contributed by atoms with Crippen molar-refractivity contribution in [1.82, 2.24) is 0 Å². The Bertz CT molecular complexity index is 637. The fourth-order valence-electron chi connectivity index (χ4n) is 2.16. The van der Waals surface area contributed by atoms with Crippen LogP contribution in [0.5, 0.6) is 0 Å². The zero-order chi connectivity index (χ0) is 16.3. The molecule has 118 valence electrons. The summed E-state index contributed by atoms with van der Waals surface area (Å²) in [6.07, 6.45) is 1.35. The van der Waals surface area contributed by atoms with Crippen molar-refractivity contribution in [2.75, 3.05) is 5.75 Å². The Balaban J connectivity index is 1.79. The molecule has 0 aromatic heterocycles. The molecule has 0 aliphatic carbocycles. The largest absolute Gasteiger partial charge is 0.461 e. The molecule has 2 aromatic carbocycles. The monoisotopic (exact) mass is 325 g/mol. The van der Waals surface area contributed by atoms with E-state index in [1.165, 1.54) is 17.3 Å². The molecule has 2 rings (SSSR count). The highest BCUT2D eigenvalue weighted by Gasteiger charge is 2.14. The van der Waals surface area contributed by atoms with Gasteiger partial charge in [-0.1, -0.05) is 48.5 Å². The Morgan fingerprint density at radius 1 is 1.09 bits per heavy atom. The molecule has 0 bridgehead atoms. The van der Waals surface area contributed by atoms with Crippen molar-refractivity contribution >= 4 is 17.7 Å². The van der Waals surface area contributed by atoms with E-state index in [0.29, 0.717) is 6.42 Å². The molecule has 0 aliphatic rings. The smallest absolute Gasteiger partial charge is 0.316 e. The summed E-state index contributed by atoms with van der Waals surface area (Å²) in [6.45, 7) is 0. The zero-order valence-corrected chi connectivity index (χ0v) is 13.7. The third-order valence-electron chi connectivity index (χ3n) is 3.31. The van der Waals surface area contributed by atoms with Gasteiger partial charge in [0, 0.05) is 4.90 Å². The molecule has 2 aromatic rings. The number of benzene rings is 2. The Kier molecular flexibility index (Phi) is 7.22. The molecule has 3 nitrogen and oxygen atoms in total. The third-order valence-corrected chi connectivity index (χ3v) is 4.30. The second kappa shape index (κ2) is 9.70. The average molecular weight is 325 g/mol. The molecular formula is C19H19NO2S. The lowest BCUT2D eigenvalue weighted by Gasteiger charge is -2.15. The van der Waals surface area contributed by atoms with Gasteiger partial charge >= 0.3 is 5.97 Å². The van der Waals surface area contributed by atoms with Gasteiger partial charge in [0.25, 0.3) is 0 Å². The summed E-state index contributed by atoms with van der Waals surface area (Å²) < 4.78 is 5.45. The van der Waals surface area contributed by atoms with Crippen LogP contribution in [0.1, 0.15) is 18.4 Å². The molecule has 0 saturated heterocycles. The Hall–Kier alpha value is -2.25. The van der Waals surface area contributed by atoms with E-state index in [9.17, 15) is 4.79 Å². The van der Waals surface area contributed by atoms with Gasteiger partial charge in [-0.2, -0.15) is 5.26 Å². The fraction of sp³-hybridized carbons (Fsp3) is 0.263. The van der Waals surface area contributed by atoms with E-state index in [1.807, 2.05) is 60.7 Å². The standard InChI is InChI=1S/C19H19NO2S/c20-14-13-17(12-11-16-7-3-1-4-8-16)22-19(21)15-23-18-9-5-2-6-10-18/h1-10,17H,11-13,15H2/t17-/m0/s1. The van der Waals surface area contributed by atoms with Crippen LogP contribution >= 0.6 is 11.8 Å². The van der Waals surface area contributed by atoms with Gasteiger partial charge in [0.15, 0.2) is 0 Å². The second-order valence-electron chi connectivity index (χ2n) is 5.10. The highest BCUT2D eigenvalue weighted by Crippen LogP contribution is 2.18. The summed E-state index contributed by atoms with van der Waals surface area (Å²) >= 11 is 1.45. The van der Waals surface area contributed by atoms with Crippen LogP contribution in [-0.4, -0.2) is 17.8 Å². The molecule has 0 N–H and O–H groups in total. The summed E-state index contributed by atoms with van der Waals surface area (Å²) in [6, 6.07) is 21.8. The number of thioether (sulfide) groups is 1. The van der Waals surface area contributed by atoms with Gasteiger partial charge in [-0.3, -0.25) is 4.79 Å².